The Morgan fingerprint density at radius 3 is 2.68 bits per heavy atom. The zero-order valence-corrected chi connectivity index (χ0v) is 16.4. The zero-order valence-electron chi connectivity index (χ0n) is 15.6. The molecule has 3 heterocycles. The van der Waals surface area contributed by atoms with Crippen LogP contribution in [0.1, 0.15) is 26.6 Å². The second-order valence-electron chi connectivity index (χ2n) is 6.34. The number of hydrogen-bond acceptors (Lipinski definition) is 5. The summed E-state index contributed by atoms with van der Waals surface area (Å²) in [6, 6.07) is 13.6. The Morgan fingerprint density at radius 2 is 1.93 bits per heavy atom. The maximum absolute atomic E-state index is 12.7. The number of nitrogens with zero attached hydrogens (tertiary/aromatic N) is 4. The van der Waals surface area contributed by atoms with Crippen LogP contribution in [0, 0.1) is 13.8 Å². The molecule has 0 saturated carbocycles. The fraction of sp³-hybridized carbons (Fsp3) is 0.143. The highest BCUT2D eigenvalue weighted by Crippen LogP contribution is 2.27. The van der Waals surface area contributed by atoms with Gasteiger partial charge in [0.1, 0.15) is 5.01 Å². The molecule has 1 N–H and O–H groups in total. The summed E-state index contributed by atoms with van der Waals surface area (Å²) < 4.78 is 1.77. The summed E-state index contributed by atoms with van der Waals surface area (Å²) in [7, 11) is 0. The number of carbonyl (C=O) groups excluding carboxylic acids is 1. The predicted octanol–water partition coefficient (Wildman–Crippen LogP) is 3.94. The average molecular weight is 389 g/mol. The van der Waals surface area contributed by atoms with Gasteiger partial charge in [-0.15, -0.1) is 11.3 Å². The maximum Gasteiger partial charge on any atom is 0.255 e. The summed E-state index contributed by atoms with van der Waals surface area (Å²) in [5.41, 5.74) is 4.20. The molecule has 0 saturated heterocycles. The molecule has 28 heavy (non-hydrogen) atoms. The molecule has 140 valence electrons. The van der Waals surface area contributed by atoms with Crippen molar-refractivity contribution < 1.29 is 4.79 Å². The van der Waals surface area contributed by atoms with Gasteiger partial charge in [-0.25, -0.2) is 9.67 Å². The summed E-state index contributed by atoms with van der Waals surface area (Å²) in [6.45, 7) is 4.28. The molecule has 0 aliphatic carbocycles. The van der Waals surface area contributed by atoms with Gasteiger partial charge in [0.05, 0.1) is 35.4 Å². The Labute approximate surface area is 166 Å². The van der Waals surface area contributed by atoms with Crippen LogP contribution in [-0.2, 0) is 6.54 Å². The molecule has 0 unspecified atom stereocenters. The molecule has 0 spiro atoms. The molecule has 0 fully saturated rings. The van der Waals surface area contributed by atoms with E-state index in [9.17, 15) is 4.79 Å². The molecular formula is C21H19N5OS. The van der Waals surface area contributed by atoms with Crippen molar-refractivity contribution >= 4 is 17.2 Å². The van der Waals surface area contributed by atoms with Gasteiger partial charge >= 0.3 is 0 Å². The number of nitrogens with one attached hydrogen (secondary N) is 1. The van der Waals surface area contributed by atoms with Crippen molar-refractivity contribution in [3.05, 3.63) is 82.9 Å². The molecule has 4 rings (SSSR count). The summed E-state index contributed by atoms with van der Waals surface area (Å²) in [4.78, 5) is 22.5. The van der Waals surface area contributed by atoms with E-state index in [0.29, 0.717) is 12.1 Å². The largest absolute Gasteiger partial charge is 0.347 e. The first kappa shape index (κ1) is 18.1. The number of aryl methyl sites for hydroxylation is 1. The molecule has 0 radical (unpaired) electrons. The van der Waals surface area contributed by atoms with Gasteiger partial charge in [0.15, 0.2) is 0 Å². The first-order chi connectivity index (χ1) is 13.6. The second-order valence-corrected chi connectivity index (χ2v) is 7.43. The third kappa shape index (κ3) is 3.57. The van der Waals surface area contributed by atoms with Crippen LogP contribution in [-0.4, -0.2) is 25.7 Å². The van der Waals surface area contributed by atoms with Crippen molar-refractivity contribution in [2.75, 3.05) is 0 Å². The minimum Gasteiger partial charge on any atom is -0.347 e. The lowest BCUT2D eigenvalue weighted by molar-refractivity contribution is 0.0950. The number of hydrogen-bond donors (Lipinski definition) is 1. The summed E-state index contributed by atoms with van der Waals surface area (Å²) in [5.74, 6) is -0.143. The first-order valence-electron chi connectivity index (χ1n) is 8.88. The topological polar surface area (TPSA) is 72.7 Å². The van der Waals surface area contributed by atoms with Crippen molar-refractivity contribution in [2.45, 2.75) is 20.4 Å². The third-order valence-corrected chi connectivity index (χ3v) is 5.67. The minimum absolute atomic E-state index is 0.143. The highest BCUT2D eigenvalue weighted by atomic mass is 32.1. The van der Waals surface area contributed by atoms with Crippen LogP contribution in [0.15, 0.2) is 61.1 Å². The van der Waals surface area contributed by atoms with Crippen molar-refractivity contribution in [1.29, 1.82) is 0 Å². The van der Waals surface area contributed by atoms with Crippen LogP contribution in [0.4, 0.5) is 0 Å². The molecule has 4 aromatic rings. The van der Waals surface area contributed by atoms with E-state index in [4.69, 9.17) is 0 Å². The zero-order chi connectivity index (χ0) is 19.5. The number of pyridine rings is 1. The Hall–Kier alpha value is -3.32. The lowest BCUT2D eigenvalue weighted by Gasteiger charge is -2.06. The van der Waals surface area contributed by atoms with Gasteiger partial charge in [-0.05, 0) is 38.1 Å². The van der Waals surface area contributed by atoms with E-state index in [1.807, 2.05) is 56.3 Å². The quantitative estimate of drug-likeness (QED) is 0.561. The van der Waals surface area contributed by atoms with Crippen molar-refractivity contribution in [1.82, 2.24) is 25.1 Å². The molecule has 0 aliphatic rings. The standard InChI is InChI=1S/C21H19N5OS/c1-14-19(28-21(25-14)16-7-6-10-22-11-16)13-23-20(27)18-12-24-26(15(18)2)17-8-4-3-5-9-17/h3-12H,13H2,1-2H3,(H,23,27). The van der Waals surface area contributed by atoms with E-state index in [0.717, 1.165) is 32.5 Å². The molecule has 0 aliphatic heterocycles. The van der Waals surface area contributed by atoms with E-state index < -0.39 is 0 Å². The van der Waals surface area contributed by atoms with E-state index in [2.05, 4.69) is 20.4 Å². The fourth-order valence-electron chi connectivity index (χ4n) is 2.92. The van der Waals surface area contributed by atoms with Crippen LogP contribution in [0.25, 0.3) is 16.3 Å². The highest BCUT2D eigenvalue weighted by molar-refractivity contribution is 7.15. The number of carbonyl (C=O) groups is 1. The van der Waals surface area contributed by atoms with Crippen molar-refractivity contribution in [2.24, 2.45) is 0 Å². The first-order valence-corrected chi connectivity index (χ1v) is 9.70. The van der Waals surface area contributed by atoms with E-state index in [-0.39, 0.29) is 5.91 Å². The lowest BCUT2D eigenvalue weighted by atomic mass is 10.2. The van der Waals surface area contributed by atoms with Gasteiger partial charge in [0.2, 0.25) is 0 Å². The Balaban J connectivity index is 1.48. The monoisotopic (exact) mass is 389 g/mol. The number of benzene rings is 1. The molecule has 0 atom stereocenters. The smallest absolute Gasteiger partial charge is 0.255 e. The molecule has 1 amide bonds. The Morgan fingerprint density at radius 1 is 1.11 bits per heavy atom. The van der Waals surface area contributed by atoms with Gasteiger partial charge in [0.25, 0.3) is 5.91 Å². The fourth-order valence-corrected chi connectivity index (χ4v) is 3.91. The van der Waals surface area contributed by atoms with E-state index in [1.54, 1.807) is 34.6 Å². The summed E-state index contributed by atoms with van der Waals surface area (Å²) in [5, 5.41) is 8.26. The Bertz CT molecular complexity index is 1100. The third-order valence-electron chi connectivity index (χ3n) is 4.47. The molecule has 7 heteroatoms. The summed E-state index contributed by atoms with van der Waals surface area (Å²) in [6.07, 6.45) is 5.14. The number of thiazole rings is 1. The maximum atomic E-state index is 12.7. The number of aromatic nitrogens is 4. The van der Waals surface area contributed by atoms with Crippen LogP contribution in [0.2, 0.25) is 0 Å². The number of amides is 1. The normalized spacial score (nSPS) is 10.8. The highest BCUT2D eigenvalue weighted by Gasteiger charge is 2.16. The second kappa shape index (κ2) is 7.74. The van der Waals surface area contributed by atoms with Crippen molar-refractivity contribution in [3.63, 3.8) is 0 Å². The molecule has 3 aromatic heterocycles. The van der Waals surface area contributed by atoms with Crippen LogP contribution in [0.3, 0.4) is 0 Å². The average Bonchev–Trinajstić information content (AvgIpc) is 3.30. The van der Waals surface area contributed by atoms with Gasteiger partial charge in [-0.3, -0.25) is 9.78 Å². The lowest BCUT2D eigenvalue weighted by Crippen LogP contribution is -2.23. The van der Waals surface area contributed by atoms with Gasteiger partial charge in [-0.1, -0.05) is 18.2 Å². The van der Waals surface area contributed by atoms with Crippen LogP contribution < -0.4 is 5.32 Å². The SMILES string of the molecule is Cc1nc(-c2cccnc2)sc1CNC(=O)c1cnn(-c2ccccc2)c1C. The number of para-hydroxylation sites is 1. The van der Waals surface area contributed by atoms with Gasteiger partial charge < -0.3 is 5.32 Å². The van der Waals surface area contributed by atoms with E-state index >= 15 is 0 Å². The summed E-state index contributed by atoms with van der Waals surface area (Å²) >= 11 is 1.57. The van der Waals surface area contributed by atoms with Crippen LogP contribution >= 0.6 is 11.3 Å². The number of rotatable bonds is 5. The molecule has 1 aromatic carbocycles. The minimum atomic E-state index is -0.143. The molecular weight excluding hydrogens is 370 g/mol. The Kier molecular flexibility index (Phi) is 4.99. The predicted molar refractivity (Wildman–Crippen MR) is 110 cm³/mol. The van der Waals surface area contributed by atoms with Crippen LogP contribution in [0.5, 0.6) is 0 Å². The molecule has 0 bridgehead atoms. The van der Waals surface area contributed by atoms with Crippen molar-refractivity contribution in [3.8, 4) is 16.3 Å². The van der Waals surface area contributed by atoms with Gasteiger partial charge in [0, 0.05) is 22.8 Å². The molecule has 6 nitrogen and oxygen atoms in total. The van der Waals surface area contributed by atoms with E-state index in [1.165, 1.54) is 0 Å². The van der Waals surface area contributed by atoms with Gasteiger partial charge in [-0.2, -0.15) is 5.10 Å².